The molecule has 0 aromatic heterocycles. The normalized spacial score (nSPS) is 13.8. The van der Waals surface area contributed by atoms with E-state index in [0.29, 0.717) is 5.56 Å². The fraction of sp³-hybridized carbons (Fsp3) is 0.250. The van der Waals surface area contributed by atoms with Crippen LogP contribution in [-0.2, 0) is 14.4 Å². The number of nitrogens with one attached hydrogen (secondary N) is 1. The molecule has 0 bridgehead atoms. The van der Waals surface area contributed by atoms with E-state index in [4.69, 9.17) is 12.9 Å². The number of carboxylic acid groups (broad SMARTS) is 1. The van der Waals surface area contributed by atoms with Crippen molar-refractivity contribution >= 4 is 17.8 Å². The molecule has 0 saturated heterocycles. The first-order valence-electron chi connectivity index (χ1n) is 5.92. The molecule has 1 rings (SSSR count). The molecule has 0 aliphatic carbocycles. The van der Waals surface area contributed by atoms with Gasteiger partial charge in [0.2, 0.25) is 11.8 Å². The fourth-order valence-electron chi connectivity index (χ4n) is 1.49. The average Bonchev–Trinajstić information content (AvgIpc) is 2.44. The maximum absolute atomic E-state index is 11.8. The van der Waals surface area contributed by atoms with Gasteiger partial charge >= 0.3 is 5.97 Å². The highest BCUT2D eigenvalue weighted by Gasteiger charge is 2.24. The number of hydrogen-bond donors (Lipinski definition) is 4. The zero-order chi connectivity index (χ0) is 15.1. The molecular weight excluding hydrogens is 250 g/mol. The van der Waals surface area contributed by atoms with E-state index in [1.165, 1.54) is 0 Å². The van der Waals surface area contributed by atoms with Crippen LogP contribution in [0.25, 0.3) is 1.43 Å². The third kappa shape index (κ3) is 4.40. The van der Waals surface area contributed by atoms with Crippen LogP contribution >= 0.6 is 0 Å². The lowest BCUT2D eigenvalue weighted by atomic mass is 10.1. The van der Waals surface area contributed by atoms with Gasteiger partial charge in [-0.15, -0.1) is 0 Å². The Balaban J connectivity index is 2.74. The molecule has 0 spiro atoms. The Morgan fingerprint density at radius 1 is 1.32 bits per heavy atom. The molecule has 7 nitrogen and oxygen atoms in total. The number of hydrogen-bond acceptors (Lipinski definition) is 5. The number of primary amides is 1. The minimum absolute atomic E-state index is 0.463. The molecule has 2 amide bonds. The molecule has 1 aromatic rings. The highest BCUT2D eigenvalue weighted by Crippen LogP contribution is 2.12. The Hall–Kier alpha value is -2.41. The van der Waals surface area contributed by atoms with Crippen LogP contribution in [0.4, 0.5) is 0 Å². The summed E-state index contributed by atoms with van der Waals surface area (Å²) in [5.41, 5.74) is 11.2. The Morgan fingerprint density at radius 3 is 2.47 bits per heavy atom. The van der Waals surface area contributed by atoms with Crippen LogP contribution in [0.1, 0.15) is 18.0 Å². The molecule has 1 aromatic carbocycles. The van der Waals surface area contributed by atoms with Gasteiger partial charge in [0.05, 0.1) is 12.5 Å². The Labute approximate surface area is 111 Å². The molecule has 0 saturated carbocycles. The van der Waals surface area contributed by atoms with Gasteiger partial charge in [0.1, 0.15) is 6.04 Å². The second-order valence-electron chi connectivity index (χ2n) is 3.94. The number of carbonyl (C=O) groups is 3. The predicted molar refractivity (Wildman–Crippen MR) is 66.7 cm³/mol. The number of amides is 2. The summed E-state index contributed by atoms with van der Waals surface area (Å²) in [4.78, 5) is 34.0. The fourth-order valence-corrected chi connectivity index (χ4v) is 1.49. The maximum atomic E-state index is 11.8. The molecule has 7 heteroatoms. The van der Waals surface area contributed by atoms with Crippen molar-refractivity contribution in [1.29, 1.82) is 1.43 Å². The van der Waals surface area contributed by atoms with Gasteiger partial charge in [0, 0.05) is 0 Å². The third-order valence-electron chi connectivity index (χ3n) is 2.43. The lowest BCUT2D eigenvalue weighted by molar-refractivity contribution is -0.139. The first kappa shape index (κ1) is 13.0. The summed E-state index contributed by atoms with van der Waals surface area (Å²) in [6.45, 7) is 0. The SMILES string of the molecule is [2H]OC(=O)C[C@H](N)C(=O)NC(C(N)=O)c1ccccc1. The van der Waals surface area contributed by atoms with E-state index in [1.807, 2.05) is 0 Å². The highest BCUT2D eigenvalue weighted by molar-refractivity contribution is 5.91. The van der Waals surface area contributed by atoms with Crippen molar-refractivity contribution in [1.82, 2.24) is 5.32 Å². The topological polar surface area (TPSA) is 136 Å². The van der Waals surface area contributed by atoms with Crippen molar-refractivity contribution in [2.45, 2.75) is 18.5 Å². The molecule has 6 N–H and O–H groups in total. The van der Waals surface area contributed by atoms with Crippen molar-refractivity contribution in [3.63, 3.8) is 0 Å². The van der Waals surface area contributed by atoms with E-state index >= 15 is 0 Å². The molecule has 2 atom stereocenters. The summed E-state index contributed by atoms with van der Waals surface area (Å²) in [5, 5.41) is 6.02. The molecule has 0 aliphatic heterocycles. The third-order valence-corrected chi connectivity index (χ3v) is 2.43. The van der Waals surface area contributed by atoms with Crippen molar-refractivity contribution in [3.05, 3.63) is 35.9 Å². The maximum Gasteiger partial charge on any atom is 0.305 e. The van der Waals surface area contributed by atoms with Gasteiger partial charge in [-0.25, -0.2) is 0 Å². The second kappa shape index (κ2) is 6.50. The minimum Gasteiger partial charge on any atom is -0.481 e. The molecule has 19 heavy (non-hydrogen) atoms. The van der Waals surface area contributed by atoms with Gasteiger partial charge < -0.3 is 21.9 Å². The van der Waals surface area contributed by atoms with Crippen molar-refractivity contribution < 1.29 is 19.5 Å². The van der Waals surface area contributed by atoms with E-state index in [2.05, 4.69) is 10.4 Å². The van der Waals surface area contributed by atoms with E-state index in [1.54, 1.807) is 30.3 Å². The second-order valence-corrected chi connectivity index (χ2v) is 3.94. The number of benzene rings is 1. The Bertz CT molecular complexity index is 495. The van der Waals surface area contributed by atoms with Crippen LogP contribution in [0.2, 0.25) is 0 Å². The van der Waals surface area contributed by atoms with Gasteiger partial charge in [0.25, 0.3) is 1.43 Å². The first-order valence-corrected chi connectivity index (χ1v) is 5.52. The molecule has 0 aliphatic rings. The zero-order valence-electron chi connectivity index (χ0n) is 11.0. The van der Waals surface area contributed by atoms with Gasteiger partial charge in [-0.05, 0) is 5.56 Å². The molecule has 0 fully saturated rings. The standard InChI is InChI=1S/C12H15N3O4/c13-8(6-9(16)17)12(19)15-10(11(14)18)7-4-2-1-3-5-7/h1-5,8,10H,6,13H2,(H2,14,18)(H,15,19)(H,16,17)/t8-,10?/m0/s1/i/hD. The molecule has 102 valence electrons. The quantitative estimate of drug-likeness (QED) is 0.530. The van der Waals surface area contributed by atoms with E-state index in [-0.39, 0.29) is 0 Å². The van der Waals surface area contributed by atoms with E-state index in [0.717, 1.165) is 0 Å². The molecular formula is C12H15N3O4. The van der Waals surface area contributed by atoms with Crippen LogP contribution in [0, 0.1) is 0 Å². The summed E-state index contributed by atoms with van der Waals surface area (Å²) < 4.78 is 6.38. The smallest absolute Gasteiger partial charge is 0.305 e. The van der Waals surface area contributed by atoms with Crippen LogP contribution in [0.15, 0.2) is 30.3 Å². The summed E-state index contributed by atoms with van der Waals surface area (Å²) >= 11 is 0. The first-order chi connectivity index (χ1) is 9.45. The zero-order valence-corrected chi connectivity index (χ0v) is 10.0. The van der Waals surface area contributed by atoms with Crippen LogP contribution in [-0.4, -0.2) is 28.9 Å². The summed E-state index contributed by atoms with van der Waals surface area (Å²) in [7, 11) is 0. The lowest BCUT2D eigenvalue weighted by Crippen LogP contribution is -2.46. The Kier molecular flexibility index (Phi) is 4.46. The highest BCUT2D eigenvalue weighted by atomic mass is 16.4. The van der Waals surface area contributed by atoms with Gasteiger partial charge in [-0.2, -0.15) is 0 Å². The number of carbonyl (C=O) groups excluding carboxylic acids is 2. The van der Waals surface area contributed by atoms with Gasteiger partial charge in [-0.3, -0.25) is 14.4 Å². The number of aliphatic carboxylic acids is 1. The molecule has 0 radical (unpaired) electrons. The van der Waals surface area contributed by atoms with E-state index < -0.39 is 36.3 Å². The summed E-state index contributed by atoms with van der Waals surface area (Å²) in [6.07, 6.45) is -0.463. The van der Waals surface area contributed by atoms with Crippen LogP contribution in [0.5, 0.6) is 0 Å². The van der Waals surface area contributed by atoms with E-state index in [9.17, 15) is 14.4 Å². The van der Waals surface area contributed by atoms with Crippen LogP contribution < -0.4 is 16.8 Å². The van der Waals surface area contributed by atoms with Gasteiger partial charge in [0.15, 0.2) is 0 Å². The van der Waals surface area contributed by atoms with Crippen molar-refractivity contribution in [2.24, 2.45) is 11.5 Å². The minimum atomic E-state index is -1.22. The molecule has 1 unspecified atom stereocenters. The monoisotopic (exact) mass is 266 g/mol. The number of nitrogens with two attached hydrogens (primary N) is 2. The average molecular weight is 266 g/mol. The number of carboxylic acids is 1. The van der Waals surface area contributed by atoms with Crippen molar-refractivity contribution in [2.75, 3.05) is 0 Å². The predicted octanol–water partition coefficient (Wildman–Crippen LogP) is -0.869. The Morgan fingerprint density at radius 2 is 1.95 bits per heavy atom. The van der Waals surface area contributed by atoms with Gasteiger partial charge in [-0.1, -0.05) is 30.3 Å². The summed E-state index contributed by atoms with van der Waals surface area (Å²) in [6, 6.07) is 6.11. The lowest BCUT2D eigenvalue weighted by Gasteiger charge is -2.18. The van der Waals surface area contributed by atoms with Crippen molar-refractivity contribution in [3.8, 4) is 0 Å². The number of rotatable bonds is 6. The van der Waals surface area contributed by atoms with Crippen LogP contribution in [0.3, 0.4) is 0 Å². The largest absolute Gasteiger partial charge is 0.481 e. The molecule has 0 heterocycles. The summed E-state index contributed by atoms with van der Waals surface area (Å²) in [5.74, 6) is -2.43.